The Morgan fingerprint density at radius 3 is 2.83 bits per heavy atom. The first-order valence-corrected chi connectivity index (χ1v) is 7.56. The van der Waals surface area contributed by atoms with Crippen molar-refractivity contribution in [3.63, 3.8) is 0 Å². The highest BCUT2D eigenvalue weighted by molar-refractivity contribution is 5.96. The van der Waals surface area contributed by atoms with Crippen LogP contribution in [0, 0.1) is 13.8 Å². The minimum Gasteiger partial charge on any atom is -0.343 e. The number of carbonyl (C=O) groups is 2. The third kappa shape index (κ3) is 3.23. The predicted octanol–water partition coefficient (Wildman–Crippen LogP) is 0.667. The normalized spacial score (nSPS) is 13.6. The van der Waals surface area contributed by atoms with Gasteiger partial charge in [-0.15, -0.1) is 10.2 Å². The van der Waals surface area contributed by atoms with E-state index in [2.05, 4.69) is 15.5 Å². The Hall–Kier alpha value is -2.70. The number of amides is 2. The van der Waals surface area contributed by atoms with Crippen LogP contribution in [0.1, 0.15) is 27.6 Å². The Morgan fingerprint density at radius 2 is 2.04 bits per heavy atom. The van der Waals surface area contributed by atoms with Gasteiger partial charge in [0.1, 0.15) is 5.82 Å². The quantitative estimate of drug-likeness (QED) is 0.903. The minimum atomic E-state index is -0.238. The van der Waals surface area contributed by atoms with Crippen molar-refractivity contribution < 1.29 is 9.59 Å². The first-order valence-electron chi connectivity index (χ1n) is 7.56. The number of aryl methyl sites for hydroxylation is 2. The van der Waals surface area contributed by atoms with Gasteiger partial charge in [0.2, 0.25) is 5.91 Å². The standard InChI is InChI=1S/C16H19N5O2/c1-11-4-3-5-13(8-11)16(23)17-9-15(22)20-6-7-21-12(2)18-19-14(21)10-20/h3-5,8H,6-7,9-10H2,1-2H3,(H,17,23). The summed E-state index contributed by atoms with van der Waals surface area (Å²) in [5.74, 6) is 1.29. The first-order chi connectivity index (χ1) is 11.0. The molecule has 0 spiro atoms. The van der Waals surface area contributed by atoms with Crippen LogP contribution in [0.4, 0.5) is 0 Å². The number of hydrogen-bond donors (Lipinski definition) is 1. The smallest absolute Gasteiger partial charge is 0.251 e. The lowest BCUT2D eigenvalue weighted by Gasteiger charge is -2.27. The fourth-order valence-corrected chi connectivity index (χ4v) is 2.67. The van der Waals surface area contributed by atoms with Crippen molar-refractivity contribution >= 4 is 11.8 Å². The molecule has 2 heterocycles. The van der Waals surface area contributed by atoms with Crippen LogP contribution in [0.15, 0.2) is 24.3 Å². The van der Waals surface area contributed by atoms with Gasteiger partial charge in [0.15, 0.2) is 5.82 Å². The molecule has 0 fully saturated rings. The molecule has 1 aromatic heterocycles. The van der Waals surface area contributed by atoms with E-state index in [1.54, 1.807) is 17.0 Å². The van der Waals surface area contributed by atoms with Gasteiger partial charge in [0.05, 0.1) is 13.1 Å². The molecule has 0 atom stereocenters. The number of rotatable bonds is 3. The average molecular weight is 313 g/mol. The predicted molar refractivity (Wildman–Crippen MR) is 83.7 cm³/mol. The van der Waals surface area contributed by atoms with Crippen molar-refractivity contribution in [2.24, 2.45) is 0 Å². The van der Waals surface area contributed by atoms with E-state index in [0.29, 0.717) is 25.2 Å². The van der Waals surface area contributed by atoms with Gasteiger partial charge < -0.3 is 14.8 Å². The van der Waals surface area contributed by atoms with E-state index in [1.807, 2.05) is 30.5 Å². The van der Waals surface area contributed by atoms with Crippen LogP contribution in [-0.2, 0) is 17.9 Å². The van der Waals surface area contributed by atoms with Crippen LogP contribution in [-0.4, -0.2) is 44.6 Å². The lowest BCUT2D eigenvalue weighted by molar-refractivity contribution is -0.131. The second-order valence-corrected chi connectivity index (χ2v) is 5.68. The molecule has 3 rings (SSSR count). The zero-order valence-corrected chi connectivity index (χ0v) is 13.2. The molecule has 7 nitrogen and oxygen atoms in total. The van der Waals surface area contributed by atoms with Gasteiger partial charge in [-0.1, -0.05) is 17.7 Å². The van der Waals surface area contributed by atoms with Crippen molar-refractivity contribution in [3.8, 4) is 0 Å². The highest BCUT2D eigenvalue weighted by atomic mass is 16.2. The lowest BCUT2D eigenvalue weighted by Crippen LogP contribution is -2.44. The number of nitrogens with zero attached hydrogens (tertiary/aromatic N) is 4. The summed E-state index contributed by atoms with van der Waals surface area (Å²) in [5.41, 5.74) is 1.57. The van der Waals surface area contributed by atoms with Gasteiger partial charge in [0, 0.05) is 18.7 Å². The summed E-state index contributed by atoms with van der Waals surface area (Å²) in [6, 6.07) is 7.28. The molecular weight excluding hydrogens is 294 g/mol. The first kappa shape index (κ1) is 15.2. The van der Waals surface area contributed by atoms with Crippen molar-refractivity contribution in [1.29, 1.82) is 0 Å². The summed E-state index contributed by atoms with van der Waals surface area (Å²) in [7, 11) is 0. The fourth-order valence-electron chi connectivity index (χ4n) is 2.67. The van der Waals surface area contributed by atoms with Crippen LogP contribution >= 0.6 is 0 Å². The maximum Gasteiger partial charge on any atom is 0.251 e. The number of aromatic nitrogens is 3. The van der Waals surface area contributed by atoms with Gasteiger partial charge in [-0.05, 0) is 26.0 Å². The molecule has 1 aliphatic heterocycles. The van der Waals surface area contributed by atoms with Crippen molar-refractivity contribution in [1.82, 2.24) is 25.0 Å². The van der Waals surface area contributed by atoms with E-state index in [-0.39, 0.29) is 18.4 Å². The number of carbonyl (C=O) groups excluding carboxylic acids is 2. The molecule has 2 aromatic rings. The lowest BCUT2D eigenvalue weighted by atomic mass is 10.1. The third-order valence-electron chi connectivity index (χ3n) is 3.97. The molecule has 120 valence electrons. The summed E-state index contributed by atoms with van der Waals surface area (Å²) in [5, 5.41) is 10.8. The summed E-state index contributed by atoms with van der Waals surface area (Å²) >= 11 is 0. The van der Waals surface area contributed by atoms with Crippen LogP contribution in [0.5, 0.6) is 0 Å². The summed E-state index contributed by atoms with van der Waals surface area (Å²) in [6.07, 6.45) is 0. The molecule has 0 saturated heterocycles. The summed E-state index contributed by atoms with van der Waals surface area (Å²) < 4.78 is 2.01. The molecule has 1 N–H and O–H groups in total. The zero-order valence-electron chi connectivity index (χ0n) is 13.2. The molecule has 0 bridgehead atoms. The molecule has 0 saturated carbocycles. The topological polar surface area (TPSA) is 80.1 Å². The van der Waals surface area contributed by atoms with E-state index < -0.39 is 0 Å². The highest BCUT2D eigenvalue weighted by Crippen LogP contribution is 2.11. The molecule has 2 amide bonds. The monoisotopic (exact) mass is 313 g/mol. The maximum atomic E-state index is 12.3. The van der Waals surface area contributed by atoms with E-state index in [4.69, 9.17) is 0 Å². The number of hydrogen-bond acceptors (Lipinski definition) is 4. The number of fused-ring (bicyclic) bond motifs is 1. The molecule has 0 radical (unpaired) electrons. The van der Waals surface area contributed by atoms with E-state index in [9.17, 15) is 9.59 Å². The van der Waals surface area contributed by atoms with Crippen molar-refractivity contribution in [2.45, 2.75) is 26.9 Å². The highest BCUT2D eigenvalue weighted by Gasteiger charge is 2.23. The molecule has 1 aromatic carbocycles. The van der Waals surface area contributed by atoms with Gasteiger partial charge in [-0.3, -0.25) is 9.59 Å². The Morgan fingerprint density at radius 1 is 1.22 bits per heavy atom. The van der Waals surface area contributed by atoms with E-state index >= 15 is 0 Å². The maximum absolute atomic E-state index is 12.3. The largest absolute Gasteiger partial charge is 0.343 e. The summed E-state index contributed by atoms with van der Waals surface area (Å²) in [6.45, 7) is 5.53. The van der Waals surface area contributed by atoms with Crippen LogP contribution in [0.25, 0.3) is 0 Å². The zero-order chi connectivity index (χ0) is 16.4. The van der Waals surface area contributed by atoms with Gasteiger partial charge >= 0.3 is 0 Å². The number of benzene rings is 1. The molecular formula is C16H19N5O2. The molecule has 23 heavy (non-hydrogen) atoms. The van der Waals surface area contributed by atoms with Gasteiger partial charge in [-0.2, -0.15) is 0 Å². The molecule has 1 aliphatic rings. The fraction of sp³-hybridized carbons (Fsp3) is 0.375. The number of nitrogens with one attached hydrogen (secondary N) is 1. The van der Waals surface area contributed by atoms with Crippen LogP contribution in [0.2, 0.25) is 0 Å². The average Bonchev–Trinajstić information content (AvgIpc) is 2.93. The molecule has 0 aliphatic carbocycles. The third-order valence-corrected chi connectivity index (χ3v) is 3.97. The minimum absolute atomic E-state index is 0.0140. The Bertz CT molecular complexity index is 753. The molecule has 0 unspecified atom stereocenters. The Balaban J connectivity index is 1.57. The van der Waals surface area contributed by atoms with Gasteiger partial charge in [-0.25, -0.2) is 0 Å². The second kappa shape index (κ2) is 6.20. The van der Waals surface area contributed by atoms with Gasteiger partial charge in [0.25, 0.3) is 5.91 Å². The van der Waals surface area contributed by atoms with Crippen LogP contribution < -0.4 is 5.32 Å². The Kier molecular flexibility index (Phi) is 4.10. The van der Waals surface area contributed by atoms with E-state index in [1.165, 1.54) is 0 Å². The molecule has 7 heteroatoms. The van der Waals surface area contributed by atoms with E-state index in [0.717, 1.165) is 17.2 Å². The Labute approximate surface area is 134 Å². The summed E-state index contributed by atoms with van der Waals surface area (Å²) in [4.78, 5) is 26.0. The SMILES string of the molecule is Cc1cccc(C(=O)NCC(=O)N2CCn3c(C)nnc3C2)c1. The second-order valence-electron chi connectivity index (χ2n) is 5.68. The van der Waals surface area contributed by atoms with Crippen molar-refractivity contribution in [3.05, 3.63) is 47.0 Å². The van der Waals surface area contributed by atoms with Crippen molar-refractivity contribution in [2.75, 3.05) is 13.1 Å². The van der Waals surface area contributed by atoms with Crippen LogP contribution in [0.3, 0.4) is 0 Å².